The maximum Gasteiger partial charge on any atom is 0.181 e. The summed E-state index contributed by atoms with van der Waals surface area (Å²) in [6.07, 6.45) is 3.89. The van der Waals surface area contributed by atoms with Gasteiger partial charge in [-0.2, -0.15) is 0 Å². The Hall–Kier alpha value is -2.83. The molecule has 6 heteroatoms. The fraction of sp³-hybridized carbons (Fsp3) is 0.261. The van der Waals surface area contributed by atoms with E-state index < -0.39 is 0 Å². The minimum atomic E-state index is 0.215. The number of rotatable bonds is 4. The van der Waals surface area contributed by atoms with Crippen LogP contribution in [0.1, 0.15) is 12.8 Å². The average molecular weight is 403 g/mol. The third kappa shape index (κ3) is 3.50. The van der Waals surface area contributed by atoms with Crippen LogP contribution in [-0.4, -0.2) is 39.8 Å². The number of piperidine rings is 1. The SMILES string of the molecule is OCC1CCCN(c2nc(-c3ccccn3)nc3scc(-c4ccccc4)c23)C1. The molecule has 5 nitrogen and oxygen atoms in total. The van der Waals surface area contributed by atoms with Gasteiger partial charge in [0.05, 0.1) is 5.39 Å². The highest BCUT2D eigenvalue weighted by atomic mass is 32.1. The molecule has 4 heterocycles. The van der Waals surface area contributed by atoms with Crippen molar-refractivity contribution in [1.29, 1.82) is 0 Å². The van der Waals surface area contributed by atoms with Crippen molar-refractivity contribution >= 4 is 27.4 Å². The van der Waals surface area contributed by atoms with Crippen LogP contribution in [0.25, 0.3) is 32.9 Å². The fourth-order valence-electron chi connectivity index (χ4n) is 4.00. The van der Waals surface area contributed by atoms with E-state index in [1.165, 1.54) is 11.1 Å². The zero-order valence-electron chi connectivity index (χ0n) is 16.0. The van der Waals surface area contributed by atoms with Gasteiger partial charge in [-0.15, -0.1) is 11.3 Å². The average Bonchev–Trinajstić information content (AvgIpc) is 3.24. The van der Waals surface area contributed by atoms with Crippen LogP contribution >= 0.6 is 11.3 Å². The second-order valence-corrected chi connectivity index (χ2v) is 8.28. The van der Waals surface area contributed by atoms with Crippen molar-refractivity contribution < 1.29 is 5.11 Å². The number of anilines is 1. The normalized spacial score (nSPS) is 17.0. The number of aliphatic hydroxyl groups is 1. The number of aromatic nitrogens is 3. The van der Waals surface area contributed by atoms with Crippen LogP contribution < -0.4 is 4.90 Å². The van der Waals surface area contributed by atoms with Gasteiger partial charge in [-0.1, -0.05) is 36.4 Å². The van der Waals surface area contributed by atoms with Gasteiger partial charge in [0.15, 0.2) is 5.82 Å². The summed E-state index contributed by atoms with van der Waals surface area (Å²) < 4.78 is 0. The Labute approximate surface area is 173 Å². The molecule has 1 fully saturated rings. The van der Waals surface area contributed by atoms with Crippen molar-refractivity contribution in [1.82, 2.24) is 15.0 Å². The van der Waals surface area contributed by atoms with Crippen LogP contribution in [0.15, 0.2) is 60.1 Å². The van der Waals surface area contributed by atoms with Gasteiger partial charge >= 0.3 is 0 Å². The van der Waals surface area contributed by atoms with Crippen molar-refractivity contribution in [2.24, 2.45) is 5.92 Å². The summed E-state index contributed by atoms with van der Waals surface area (Å²) >= 11 is 1.65. The Balaban J connectivity index is 1.71. The number of pyridine rings is 1. The Morgan fingerprint density at radius 3 is 2.72 bits per heavy atom. The van der Waals surface area contributed by atoms with E-state index in [0.29, 0.717) is 5.82 Å². The van der Waals surface area contributed by atoms with Gasteiger partial charge in [0.25, 0.3) is 0 Å². The third-order valence-electron chi connectivity index (χ3n) is 5.47. The van der Waals surface area contributed by atoms with E-state index in [1.807, 2.05) is 24.3 Å². The van der Waals surface area contributed by atoms with Gasteiger partial charge in [-0.3, -0.25) is 4.98 Å². The first-order valence-corrected chi connectivity index (χ1v) is 10.8. The summed E-state index contributed by atoms with van der Waals surface area (Å²) in [5, 5.41) is 13.0. The lowest BCUT2D eigenvalue weighted by atomic mass is 9.98. The van der Waals surface area contributed by atoms with Gasteiger partial charge in [0, 0.05) is 36.8 Å². The number of hydrogen-bond donors (Lipinski definition) is 1. The molecular formula is C23H22N4OS. The molecule has 1 aromatic carbocycles. The van der Waals surface area contributed by atoms with Crippen molar-refractivity contribution in [3.63, 3.8) is 0 Å². The largest absolute Gasteiger partial charge is 0.396 e. The van der Waals surface area contributed by atoms with Crippen LogP contribution in [0.2, 0.25) is 0 Å². The van der Waals surface area contributed by atoms with Gasteiger partial charge in [0.2, 0.25) is 0 Å². The van der Waals surface area contributed by atoms with E-state index in [1.54, 1.807) is 17.5 Å². The molecule has 1 unspecified atom stereocenters. The summed E-state index contributed by atoms with van der Waals surface area (Å²) in [6.45, 7) is 1.97. The lowest BCUT2D eigenvalue weighted by Gasteiger charge is -2.33. The maximum atomic E-state index is 9.73. The monoisotopic (exact) mass is 402 g/mol. The molecule has 0 amide bonds. The lowest BCUT2D eigenvalue weighted by molar-refractivity contribution is 0.208. The lowest BCUT2D eigenvalue weighted by Crippen LogP contribution is -2.37. The Morgan fingerprint density at radius 2 is 1.93 bits per heavy atom. The summed E-state index contributed by atoms with van der Waals surface area (Å²) in [4.78, 5) is 17.6. The van der Waals surface area contributed by atoms with Gasteiger partial charge < -0.3 is 10.0 Å². The van der Waals surface area contributed by atoms with Crippen molar-refractivity contribution in [2.75, 3.05) is 24.6 Å². The van der Waals surface area contributed by atoms with E-state index >= 15 is 0 Å². The molecule has 0 aliphatic carbocycles. The fourth-order valence-corrected chi connectivity index (χ4v) is 4.94. The molecule has 0 saturated carbocycles. The number of nitrogens with zero attached hydrogens (tertiary/aromatic N) is 4. The van der Waals surface area contributed by atoms with Gasteiger partial charge in [0.1, 0.15) is 16.3 Å². The maximum absolute atomic E-state index is 9.73. The van der Waals surface area contributed by atoms with Gasteiger partial charge in [-0.25, -0.2) is 9.97 Å². The summed E-state index contributed by atoms with van der Waals surface area (Å²) in [7, 11) is 0. The minimum Gasteiger partial charge on any atom is -0.396 e. The molecule has 5 rings (SSSR count). The number of fused-ring (bicyclic) bond motifs is 1. The van der Waals surface area contributed by atoms with Crippen LogP contribution in [0.3, 0.4) is 0 Å². The van der Waals surface area contributed by atoms with E-state index in [0.717, 1.165) is 47.7 Å². The molecule has 29 heavy (non-hydrogen) atoms. The smallest absolute Gasteiger partial charge is 0.181 e. The summed E-state index contributed by atoms with van der Waals surface area (Å²) in [5.41, 5.74) is 3.12. The second-order valence-electron chi connectivity index (χ2n) is 7.42. The molecular weight excluding hydrogens is 380 g/mol. The van der Waals surface area contributed by atoms with Crippen molar-refractivity contribution in [3.8, 4) is 22.6 Å². The molecule has 1 saturated heterocycles. The van der Waals surface area contributed by atoms with Gasteiger partial charge in [-0.05, 0) is 36.5 Å². The van der Waals surface area contributed by atoms with E-state index in [2.05, 4.69) is 39.5 Å². The van der Waals surface area contributed by atoms with E-state index in [4.69, 9.17) is 9.97 Å². The first-order valence-electron chi connectivity index (χ1n) is 9.95. The van der Waals surface area contributed by atoms with Crippen LogP contribution in [0, 0.1) is 5.92 Å². The molecule has 1 aliphatic heterocycles. The Bertz CT molecular complexity index is 1110. The molecule has 1 N–H and O–H groups in total. The first kappa shape index (κ1) is 18.2. The minimum absolute atomic E-state index is 0.215. The predicted molar refractivity (Wildman–Crippen MR) is 118 cm³/mol. The highest BCUT2D eigenvalue weighted by Crippen LogP contribution is 2.40. The zero-order valence-corrected chi connectivity index (χ0v) is 16.8. The number of benzene rings is 1. The standard InChI is InChI=1S/C23H22N4OS/c28-14-16-7-6-12-27(13-16)22-20-18(17-8-2-1-3-9-17)15-29-23(20)26-21(25-22)19-10-4-5-11-24-19/h1-5,8-11,15-16,28H,6-7,12-14H2. The summed E-state index contributed by atoms with van der Waals surface area (Å²) in [5.74, 6) is 1.89. The second kappa shape index (κ2) is 7.89. The van der Waals surface area contributed by atoms with Crippen LogP contribution in [0.4, 0.5) is 5.82 Å². The quantitative estimate of drug-likeness (QED) is 0.539. The number of hydrogen-bond acceptors (Lipinski definition) is 6. The number of aliphatic hydroxyl groups excluding tert-OH is 1. The van der Waals surface area contributed by atoms with Crippen molar-refractivity contribution in [3.05, 3.63) is 60.1 Å². The highest BCUT2D eigenvalue weighted by molar-refractivity contribution is 7.17. The molecule has 0 spiro atoms. The van der Waals surface area contributed by atoms with Crippen LogP contribution in [-0.2, 0) is 0 Å². The molecule has 1 atom stereocenters. The highest BCUT2D eigenvalue weighted by Gasteiger charge is 2.25. The summed E-state index contributed by atoms with van der Waals surface area (Å²) in [6, 6.07) is 16.2. The third-order valence-corrected chi connectivity index (χ3v) is 6.34. The molecule has 1 aliphatic rings. The zero-order chi connectivity index (χ0) is 19.6. The predicted octanol–water partition coefficient (Wildman–Crippen LogP) is 4.63. The first-order chi connectivity index (χ1) is 14.3. The van der Waals surface area contributed by atoms with E-state index in [-0.39, 0.29) is 12.5 Å². The molecule has 0 radical (unpaired) electrons. The molecule has 4 aromatic rings. The topological polar surface area (TPSA) is 62.1 Å². The van der Waals surface area contributed by atoms with Crippen molar-refractivity contribution in [2.45, 2.75) is 12.8 Å². The molecule has 3 aromatic heterocycles. The van der Waals surface area contributed by atoms with Crippen LogP contribution in [0.5, 0.6) is 0 Å². The number of thiophene rings is 1. The Morgan fingerprint density at radius 1 is 1.07 bits per heavy atom. The van der Waals surface area contributed by atoms with E-state index in [9.17, 15) is 5.11 Å². The molecule has 0 bridgehead atoms. The molecule has 146 valence electrons. The Kier molecular flexibility index (Phi) is 4.96.